The van der Waals surface area contributed by atoms with Gasteiger partial charge < -0.3 is 25.4 Å². The van der Waals surface area contributed by atoms with E-state index in [4.69, 9.17) is 15.2 Å². The zero-order valence-electron chi connectivity index (χ0n) is 25.1. The van der Waals surface area contributed by atoms with Crippen LogP contribution in [0.3, 0.4) is 0 Å². The minimum atomic E-state index is -0.483. The van der Waals surface area contributed by atoms with Gasteiger partial charge in [-0.05, 0) is 47.7 Å². The summed E-state index contributed by atoms with van der Waals surface area (Å²) >= 11 is 1.60. The molecule has 4 aromatic rings. The molecular weight excluding hydrogens is 592 g/mol. The van der Waals surface area contributed by atoms with Crippen LogP contribution in [0.1, 0.15) is 28.6 Å². The standard InChI is InChI=1S/C32H32N8O4S/c1-19-36-26(30(41)40(19)3)16-24-14-22-8-9-23(15-27(22)45-24)39(2)12-13-43-32(42)35-17-20-4-6-21(7-5-20)18-44-29-28-25(10-11-34-28)37-31(33)38-29/h4-9,11,14-16H,10,12-13,17-18H2,1-3H3,(H,35,42)(H2,33,37,38)/b26-16+. The highest BCUT2D eigenvalue weighted by molar-refractivity contribution is 7.19. The number of alkyl carbamates (subject to hydrolysis) is 1. The molecule has 4 heterocycles. The molecule has 12 nitrogen and oxygen atoms in total. The Kier molecular flexibility index (Phi) is 8.43. The summed E-state index contributed by atoms with van der Waals surface area (Å²) in [6.45, 7) is 3.20. The number of aliphatic imine (C=N–C) groups is 2. The Morgan fingerprint density at radius 1 is 1.16 bits per heavy atom. The van der Waals surface area contributed by atoms with E-state index in [2.05, 4.69) is 37.4 Å². The van der Waals surface area contributed by atoms with E-state index < -0.39 is 6.09 Å². The number of amidine groups is 1. The van der Waals surface area contributed by atoms with Crippen LogP contribution in [0.2, 0.25) is 0 Å². The molecule has 0 aliphatic carbocycles. The van der Waals surface area contributed by atoms with Gasteiger partial charge in [-0.3, -0.25) is 14.7 Å². The molecule has 2 aromatic heterocycles. The van der Waals surface area contributed by atoms with E-state index >= 15 is 0 Å². The molecule has 2 aromatic carbocycles. The number of rotatable bonds is 10. The highest BCUT2D eigenvalue weighted by Crippen LogP contribution is 2.33. The number of hydrogen-bond acceptors (Lipinski definition) is 11. The van der Waals surface area contributed by atoms with Crippen molar-refractivity contribution in [1.82, 2.24) is 20.2 Å². The summed E-state index contributed by atoms with van der Waals surface area (Å²) in [6, 6.07) is 15.9. The fourth-order valence-electron chi connectivity index (χ4n) is 4.82. The molecule has 45 heavy (non-hydrogen) atoms. The molecule has 3 N–H and O–H groups in total. The van der Waals surface area contributed by atoms with Crippen LogP contribution in [-0.4, -0.2) is 66.2 Å². The van der Waals surface area contributed by atoms with Crippen molar-refractivity contribution in [1.29, 1.82) is 0 Å². The third-order valence-electron chi connectivity index (χ3n) is 7.48. The lowest BCUT2D eigenvalue weighted by molar-refractivity contribution is -0.121. The number of fused-ring (bicyclic) bond motifs is 2. The lowest BCUT2D eigenvalue weighted by Gasteiger charge is -2.19. The summed E-state index contributed by atoms with van der Waals surface area (Å²) in [7, 11) is 3.68. The number of likely N-dealkylation sites (N-methyl/N-ethyl adjacent to an activating group) is 2. The molecule has 0 saturated carbocycles. The number of amides is 2. The number of nitrogens with two attached hydrogens (primary N) is 1. The quantitative estimate of drug-likeness (QED) is 0.241. The molecule has 0 saturated heterocycles. The number of nitrogen functional groups attached to an aromatic ring is 1. The van der Waals surface area contributed by atoms with Crippen LogP contribution in [0.5, 0.6) is 5.88 Å². The molecule has 0 spiro atoms. The third kappa shape index (κ3) is 6.78. The summed E-state index contributed by atoms with van der Waals surface area (Å²) in [5.74, 6) is 1.12. The number of benzene rings is 2. The lowest BCUT2D eigenvalue weighted by Crippen LogP contribution is -2.28. The third-order valence-corrected chi connectivity index (χ3v) is 8.52. The van der Waals surface area contributed by atoms with Crippen LogP contribution in [-0.2, 0) is 29.1 Å². The van der Waals surface area contributed by atoms with Crippen molar-refractivity contribution in [2.75, 3.05) is 37.9 Å². The molecule has 0 atom stereocenters. The zero-order chi connectivity index (χ0) is 31.5. The van der Waals surface area contributed by atoms with Crippen molar-refractivity contribution >= 4 is 68.9 Å². The topological polar surface area (TPSA) is 148 Å². The van der Waals surface area contributed by atoms with Crippen molar-refractivity contribution in [3.8, 4) is 5.88 Å². The maximum absolute atomic E-state index is 12.3. The fourth-order valence-corrected chi connectivity index (χ4v) is 5.86. The van der Waals surface area contributed by atoms with Gasteiger partial charge in [-0.2, -0.15) is 4.98 Å². The van der Waals surface area contributed by atoms with Crippen molar-refractivity contribution in [3.63, 3.8) is 0 Å². The van der Waals surface area contributed by atoms with E-state index in [0.717, 1.165) is 37.5 Å². The Morgan fingerprint density at radius 3 is 2.73 bits per heavy atom. The number of ether oxygens (including phenoxy) is 2. The van der Waals surface area contributed by atoms with Gasteiger partial charge in [-0.25, -0.2) is 14.8 Å². The van der Waals surface area contributed by atoms with E-state index in [1.165, 1.54) is 0 Å². The van der Waals surface area contributed by atoms with Crippen molar-refractivity contribution in [3.05, 3.63) is 75.9 Å². The minimum absolute atomic E-state index is 0.0988. The first-order valence-corrected chi connectivity index (χ1v) is 15.1. The largest absolute Gasteiger partial charge is 0.471 e. The number of hydrogen-bond donors (Lipinski definition) is 2. The first-order valence-electron chi connectivity index (χ1n) is 14.3. The molecule has 0 bridgehead atoms. The highest BCUT2D eigenvalue weighted by Gasteiger charge is 2.24. The van der Waals surface area contributed by atoms with Gasteiger partial charge in [0.15, 0.2) is 0 Å². The van der Waals surface area contributed by atoms with Crippen LogP contribution in [0.4, 0.5) is 22.1 Å². The van der Waals surface area contributed by atoms with Crippen molar-refractivity contribution in [2.45, 2.75) is 26.5 Å². The molecule has 0 fully saturated rings. The van der Waals surface area contributed by atoms with E-state index in [1.54, 1.807) is 29.5 Å². The fraction of sp³-hybridized carbons (Fsp3) is 0.250. The van der Waals surface area contributed by atoms with Crippen LogP contribution in [0, 0.1) is 0 Å². The monoisotopic (exact) mass is 624 g/mol. The number of nitrogens with zero attached hydrogens (tertiary/aromatic N) is 6. The summed E-state index contributed by atoms with van der Waals surface area (Å²) in [6.07, 6.45) is 3.72. The molecule has 2 aliphatic heterocycles. The Balaban J connectivity index is 0.945. The van der Waals surface area contributed by atoms with Crippen LogP contribution in [0.15, 0.2) is 64.2 Å². The normalized spacial score (nSPS) is 14.6. The molecular formula is C32H32N8O4S. The molecule has 0 unspecified atom stereocenters. The molecule has 13 heteroatoms. The maximum atomic E-state index is 12.3. The number of anilines is 2. The van der Waals surface area contributed by atoms with Gasteiger partial charge in [0.25, 0.3) is 5.91 Å². The minimum Gasteiger partial charge on any atom is -0.471 e. The van der Waals surface area contributed by atoms with Gasteiger partial charge in [0.1, 0.15) is 30.4 Å². The first kappa shape index (κ1) is 29.8. The van der Waals surface area contributed by atoms with Crippen molar-refractivity contribution in [2.24, 2.45) is 9.98 Å². The number of aromatic nitrogens is 2. The van der Waals surface area contributed by atoms with E-state index in [1.807, 2.05) is 61.3 Å². The number of carbonyl (C=O) groups is 2. The van der Waals surface area contributed by atoms with Gasteiger partial charge in [-0.1, -0.05) is 30.3 Å². The lowest BCUT2D eigenvalue weighted by atomic mass is 10.1. The van der Waals surface area contributed by atoms with Gasteiger partial charge in [-0.15, -0.1) is 11.3 Å². The summed E-state index contributed by atoms with van der Waals surface area (Å²) in [5, 5.41) is 3.88. The van der Waals surface area contributed by atoms with E-state index in [9.17, 15) is 9.59 Å². The maximum Gasteiger partial charge on any atom is 0.407 e. The molecule has 6 rings (SSSR count). The molecule has 2 amide bonds. The summed E-state index contributed by atoms with van der Waals surface area (Å²) < 4.78 is 12.4. The van der Waals surface area contributed by atoms with E-state index in [0.29, 0.717) is 49.2 Å². The Labute approximate surface area is 263 Å². The average Bonchev–Trinajstić information content (AvgIpc) is 3.73. The number of thiophene rings is 1. The second kappa shape index (κ2) is 12.7. The Bertz CT molecular complexity index is 1860. The van der Waals surface area contributed by atoms with Gasteiger partial charge in [0, 0.05) is 48.5 Å². The van der Waals surface area contributed by atoms with E-state index in [-0.39, 0.29) is 18.5 Å². The molecule has 0 radical (unpaired) electrons. The first-order chi connectivity index (χ1) is 21.7. The van der Waals surface area contributed by atoms with Gasteiger partial charge in [0.05, 0.1) is 12.2 Å². The summed E-state index contributed by atoms with van der Waals surface area (Å²) in [4.78, 5) is 46.2. The smallest absolute Gasteiger partial charge is 0.407 e. The Morgan fingerprint density at radius 2 is 1.96 bits per heavy atom. The number of nitrogens with one attached hydrogen (secondary N) is 1. The zero-order valence-corrected chi connectivity index (χ0v) is 25.9. The number of carbonyl (C=O) groups excluding carboxylic acids is 2. The molecule has 2 aliphatic rings. The summed E-state index contributed by atoms with van der Waals surface area (Å²) in [5.41, 5.74) is 10.5. The van der Waals surface area contributed by atoms with Gasteiger partial charge >= 0.3 is 6.09 Å². The molecule has 230 valence electrons. The van der Waals surface area contributed by atoms with Crippen LogP contribution in [0.25, 0.3) is 16.2 Å². The van der Waals surface area contributed by atoms with Crippen LogP contribution < -0.4 is 20.7 Å². The predicted octanol–water partition coefficient (Wildman–Crippen LogP) is 4.70. The second-order valence-electron chi connectivity index (χ2n) is 10.6. The Hall–Kier alpha value is -5.30. The SMILES string of the molecule is CC1=N/C(=C/c2cc3ccc(N(C)CCOC(=O)NCc4ccc(COc5nc(N)nc6c5N=CC6)cc4)cc3s2)C(=O)N1C. The predicted molar refractivity (Wildman–Crippen MR) is 176 cm³/mol. The van der Waals surface area contributed by atoms with Crippen LogP contribution >= 0.6 is 11.3 Å². The highest BCUT2D eigenvalue weighted by atomic mass is 32.1. The van der Waals surface area contributed by atoms with Gasteiger partial charge in [0.2, 0.25) is 11.8 Å². The average molecular weight is 625 g/mol. The second-order valence-corrected chi connectivity index (χ2v) is 11.8. The van der Waals surface area contributed by atoms with Crippen molar-refractivity contribution < 1.29 is 19.1 Å².